The SMILES string of the molecule is CCOC(=O)Cn1c(=NC(=O)CC2CCCCC2)sc2cc([N+](=O)[O-])ccc21. The van der Waals surface area contributed by atoms with E-state index in [-0.39, 0.29) is 24.7 Å². The standard InChI is InChI=1S/C19H23N3O5S/c1-2-27-18(24)12-21-15-9-8-14(22(25)26)11-16(15)28-19(21)20-17(23)10-13-6-4-3-5-7-13/h8-9,11,13H,2-7,10,12H2,1H3. The van der Waals surface area contributed by atoms with Crippen molar-refractivity contribution >= 4 is 39.1 Å². The van der Waals surface area contributed by atoms with Gasteiger partial charge in [0.2, 0.25) is 5.91 Å². The Bertz CT molecular complexity index is 956. The van der Waals surface area contributed by atoms with Gasteiger partial charge in [-0.1, -0.05) is 30.6 Å². The molecule has 1 aromatic carbocycles. The Balaban J connectivity index is 1.96. The Morgan fingerprint density at radius 2 is 2.07 bits per heavy atom. The summed E-state index contributed by atoms with van der Waals surface area (Å²) < 4.78 is 7.22. The Labute approximate surface area is 166 Å². The van der Waals surface area contributed by atoms with Gasteiger partial charge < -0.3 is 9.30 Å². The second-order valence-electron chi connectivity index (χ2n) is 6.90. The molecule has 150 valence electrons. The van der Waals surface area contributed by atoms with E-state index in [2.05, 4.69) is 4.99 Å². The lowest BCUT2D eigenvalue weighted by Gasteiger charge is -2.19. The fraction of sp³-hybridized carbons (Fsp3) is 0.526. The van der Waals surface area contributed by atoms with Crippen molar-refractivity contribution in [1.82, 2.24) is 4.57 Å². The highest BCUT2D eigenvalue weighted by Gasteiger charge is 2.18. The van der Waals surface area contributed by atoms with Gasteiger partial charge in [0.15, 0.2) is 4.80 Å². The molecule has 9 heteroatoms. The number of fused-ring (bicyclic) bond motifs is 1. The molecule has 1 saturated carbocycles. The minimum atomic E-state index is -0.472. The average molecular weight is 405 g/mol. The largest absolute Gasteiger partial charge is 0.465 e. The molecule has 1 amide bonds. The molecule has 1 heterocycles. The molecule has 1 fully saturated rings. The van der Waals surface area contributed by atoms with Gasteiger partial charge in [0.05, 0.1) is 21.7 Å². The number of hydrogen-bond donors (Lipinski definition) is 0. The normalized spacial score (nSPS) is 15.7. The van der Waals surface area contributed by atoms with Crippen LogP contribution in [0, 0.1) is 16.0 Å². The van der Waals surface area contributed by atoms with Gasteiger partial charge in [-0.15, -0.1) is 0 Å². The quantitative estimate of drug-likeness (QED) is 0.415. The zero-order chi connectivity index (χ0) is 20.1. The summed E-state index contributed by atoms with van der Waals surface area (Å²) in [5.74, 6) is -0.300. The van der Waals surface area contributed by atoms with Crippen molar-refractivity contribution in [3.63, 3.8) is 0 Å². The van der Waals surface area contributed by atoms with Gasteiger partial charge in [-0.2, -0.15) is 4.99 Å². The third kappa shape index (κ3) is 4.83. The van der Waals surface area contributed by atoms with Crippen molar-refractivity contribution in [2.24, 2.45) is 10.9 Å². The number of nitrogens with zero attached hydrogens (tertiary/aromatic N) is 3. The number of nitro groups is 1. The zero-order valence-electron chi connectivity index (χ0n) is 15.8. The highest BCUT2D eigenvalue weighted by molar-refractivity contribution is 7.16. The first-order chi connectivity index (χ1) is 13.5. The van der Waals surface area contributed by atoms with E-state index >= 15 is 0 Å². The minimum Gasteiger partial charge on any atom is -0.465 e. The highest BCUT2D eigenvalue weighted by Crippen LogP contribution is 2.27. The number of rotatable bonds is 6. The van der Waals surface area contributed by atoms with E-state index in [1.165, 1.54) is 29.9 Å². The van der Waals surface area contributed by atoms with Crippen LogP contribution in [0.2, 0.25) is 0 Å². The first-order valence-corrected chi connectivity index (χ1v) is 10.3. The van der Waals surface area contributed by atoms with Gasteiger partial charge in [-0.25, -0.2) is 0 Å². The Hall–Kier alpha value is -2.55. The molecule has 2 aromatic rings. The van der Waals surface area contributed by atoms with Crippen LogP contribution in [0.4, 0.5) is 5.69 Å². The summed E-state index contributed by atoms with van der Waals surface area (Å²) in [4.78, 5) is 39.7. The van der Waals surface area contributed by atoms with E-state index in [9.17, 15) is 19.7 Å². The van der Waals surface area contributed by atoms with Crippen LogP contribution in [0.3, 0.4) is 0 Å². The van der Waals surface area contributed by atoms with Gasteiger partial charge in [0, 0.05) is 18.6 Å². The van der Waals surface area contributed by atoms with Crippen molar-refractivity contribution in [2.75, 3.05) is 6.61 Å². The number of hydrogen-bond acceptors (Lipinski definition) is 6. The summed E-state index contributed by atoms with van der Waals surface area (Å²) in [5.41, 5.74) is 0.574. The number of non-ortho nitro benzene ring substituents is 1. The third-order valence-corrected chi connectivity index (χ3v) is 5.92. The predicted octanol–water partition coefficient (Wildman–Crippen LogP) is 3.57. The number of ether oxygens (including phenoxy) is 1. The van der Waals surface area contributed by atoms with Crippen molar-refractivity contribution in [3.8, 4) is 0 Å². The second kappa shape index (κ2) is 9.09. The highest BCUT2D eigenvalue weighted by atomic mass is 32.1. The van der Waals surface area contributed by atoms with Crippen LogP contribution in [0.15, 0.2) is 23.2 Å². The second-order valence-corrected chi connectivity index (χ2v) is 7.91. The number of nitro benzene ring substituents is 1. The molecule has 0 atom stereocenters. The molecule has 1 aliphatic rings. The van der Waals surface area contributed by atoms with Crippen molar-refractivity contribution in [1.29, 1.82) is 0 Å². The van der Waals surface area contributed by atoms with Crippen LogP contribution in [0.5, 0.6) is 0 Å². The van der Waals surface area contributed by atoms with Gasteiger partial charge >= 0.3 is 5.97 Å². The van der Waals surface area contributed by atoms with Crippen LogP contribution in [0.1, 0.15) is 45.4 Å². The van der Waals surface area contributed by atoms with Gasteiger partial charge in [-0.3, -0.25) is 19.7 Å². The fourth-order valence-electron chi connectivity index (χ4n) is 3.54. The number of carbonyl (C=O) groups excluding carboxylic acids is 2. The summed E-state index contributed by atoms with van der Waals surface area (Å²) in [5, 5.41) is 11.1. The summed E-state index contributed by atoms with van der Waals surface area (Å²) in [7, 11) is 0. The number of carbonyl (C=O) groups is 2. The summed E-state index contributed by atoms with van der Waals surface area (Å²) in [6.07, 6.45) is 6.00. The molecule has 1 aromatic heterocycles. The lowest BCUT2D eigenvalue weighted by molar-refractivity contribution is -0.384. The average Bonchev–Trinajstić information content (AvgIpc) is 2.98. The maximum absolute atomic E-state index is 12.5. The van der Waals surface area contributed by atoms with Crippen molar-refractivity contribution in [2.45, 2.75) is 52.0 Å². The van der Waals surface area contributed by atoms with Crippen LogP contribution >= 0.6 is 11.3 Å². The van der Waals surface area contributed by atoms with E-state index in [0.29, 0.717) is 27.4 Å². The van der Waals surface area contributed by atoms with E-state index in [0.717, 1.165) is 25.7 Å². The van der Waals surface area contributed by atoms with Crippen LogP contribution in [0.25, 0.3) is 10.2 Å². The minimum absolute atomic E-state index is 0.0443. The summed E-state index contributed by atoms with van der Waals surface area (Å²) in [6.45, 7) is 1.87. The van der Waals surface area contributed by atoms with Gasteiger partial charge in [0.1, 0.15) is 6.54 Å². The molecule has 28 heavy (non-hydrogen) atoms. The van der Waals surface area contributed by atoms with E-state index in [1.54, 1.807) is 17.6 Å². The predicted molar refractivity (Wildman–Crippen MR) is 105 cm³/mol. The van der Waals surface area contributed by atoms with Crippen LogP contribution < -0.4 is 4.80 Å². The Morgan fingerprint density at radius 3 is 2.75 bits per heavy atom. The lowest BCUT2D eigenvalue weighted by Crippen LogP contribution is -2.23. The fourth-order valence-corrected chi connectivity index (χ4v) is 4.62. The molecular weight excluding hydrogens is 382 g/mol. The first kappa shape index (κ1) is 20.2. The molecule has 0 saturated heterocycles. The molecular formula is C19H23N3O5S. The number of esters is 1. The van der Waals surface area contributed by atoms with E-state index in [1.807, 2.05) is 0 Å². The monoisotopic (exact) mass is 405 g/mol. The van der Waals surface area contributed by atoms with Crippen molar-refractivity contribution in [3.05, 3.63) is 33.1 Å². The smallest absolute Gasteiger partial charge is 0.326 e. The summed E-state index contributed by atoms with van der Waals surface area (Å²) >= 11 is 1.17. The molecule has 0 spiro atoms. The Kier molecular flexibility index (Phi) is 6.56. The third-order valence-electron chi connectivity index (χ3n) is 4.88. The van der Waals surface area contributed by atoms with E-state index < -0.39 is 10.9 Å². The number of aromatic nitrogens is 1. The number of benzene rings is 1. The molecule has 1 aliphatic carbocycles. The lowest BCUT2D eigenvalue weighted by atomic mass is 9.87. The topological polar surface area (TPSA) is 104 Å². The molecule has 3 rings (SSSR count). The maximum Gasteiger partial charge on any atom is 0.326 e. The maximum atomic E-state index is 12.5. The van der Waals surface area contributed by atoms with Crippen LogP contribution in [-0.4, -0.2) is 28.0 Å². The first-order valence-electron chi connectivity index (χ1n) is 9.49. The molecule has 0 unspecified atom stereocenters. The zero-order valence-corrected chi connectivity index (χ0v) is 16.6. The molecule has 0 radical (unpaired) electrons. The van der Waals surface area contributed by atoms with Gasteiger partial charge in [-0.05, 0) is 31.7 Å². The summed E-state index contributed by atoms with van der Waals surface area (Å²) in [6, 6.07) is 4.39. The molecule has 8 nitrogen and oxygen atoms in total. The van der Waals surface area contributed by atoms with Crippen LogP contribution in [-0.2, 0) is 20.9 Å². The molecule has 0 aliphatic heterocycles. The number of thiazole rings is 1. The van der Waals surface area contributed by atoms with E-state index in [4.69, 9.17) is 4.74 Å². The van der Waals surface area contributed by atoms with Gasteiger partial charge in [0.25, 0.3) is 5.69 Å². The molecule has 0 bridgehead atoms. The van der Waals surface area contributed by atoms with Crippen molar-refractivity contribution < 1.29 is 19.2 Å². The number of amides is 1. The molecule has 0 N–H and O–H groups in total. The Morgan fingerprint density at radius 1 is 1.32 bits per heavy atom.